The van der Waals surface area contributed by atoms with E-state index in [1.54, 1.807) is 7.11 Å². The summed E-state index contributed by atoms with van der Waals surface area (Å²) in [4.78, 5) is 11.5. The predicted octanol–water partition coefficient (Wildman–Crippen LogP) is 2.35. The van der Waals surface area contributed by atoms with Crippen molar-refractivity contribution in [2.45, 2.75) is 19.9 Å². The summed E-state index contributed by atoms with van der Waals surface area (Å²) in [6.45, 7) is 10.3. The summed E-state index contributed by atoms with van der Waals surface area (Å²) < 4.78 is 5.23. The molecule has 0 saturated carbocycles. The van der Waals surface area contributed by atoms with Crippen LogP contribution in [0, 0.1) is 0 Å². The Bertz CT molecular complexity index is 541. The highest BCUT2D eigenvalue weighted by Crippen LogP contribution is 2.20. The second-order valence-electron chi connectivity index (χ2n) is 6.72. The van der Waals surface area contributed by atoms with Crippen LogP contribution in [0.2, 0.25) is 0 Å². The minimum absolute atomic E-state index is 0. The Morgan fingerprint density at radius 1 is 1.19 bits per heavy atom. The molecule has 0 unspecified atom stereocenters. The van der Waals surface area contributed by atoms with E-state index >= 15 is 0 Å². The molecule has 0 aliphatic carbocycles. The van der Waals surface area contributed by atoms with Crippen LogP contribution in [-0.2, 0) is 0 Å². The van der Waals surface area contributed by atoms with E-state index in [9.17, 15) is 0 Å². The molecular formula is C19H34IN5O. The van der Waals surface area contributed by atoms with Crippen LogP contribution in [0.15, 0.2) is 29.3 Å². The monoisotopic (exact) mass is 475 g/mol. The minimum atomic E-state index is 0. The summed E-state index contributed by atoms with van der Waals surface area (Å²) in [5, 5.41) is 3.49. The normalized spacial score (nSPS) is 15.3. The first-order valence-corrected chi connectivity index (χ1v) is 9.10. The number of hydrogen-bond donors (Lipinski definition) is 1. The van der Waals surface area contributed by atoms with Crippen molar-refractivity contribution < 1.29 is 4.74 Å². The Kier molecular flexibility index (Phi) is 10.1. The van der Waals surface area contributed by atoms with Crippen molar-refractivity contribution in [3.63, 3.8) is 0 Å². The molecule has 0 atom stereocenters. The molecule has 1 aliphatic heterocycles. The molecule has 148 valence electrons. The molecule has 2 rings (SSSR count). The predicted molar refractivity (Wildman–Crippen MR) is 121 cm³/mol. The molecule has 1 aromatic rings. The van der Waals surface area contributed by atoms with E-state index in [-0.39, 0.29) is 24.0 Å². The molecule has 6 nitrogen and oxygen atoms in total. The summed E-state index contributed by atoms with van der Waals surface area (Å²) in [6, 6.07) is 8.87. The van der Waals surface area contributed by atoms with Crippen molar-refractivity contribution in [3.05, 3.63) is 24.3 Å². The van der Waals surface area contributed by atoms with E-state index in [1.165, 1.54) is 5.69 Å². The summed E-state index contributed by atoms with van der Waals surface area (Å²) in [5.41, 5.74) is 1.25. The topological polar surface area (TPSA) is 43.3 Å². The number of benzene rings is 1. The summed E-state index contributed by atoms with van der Waals surface area (Å²) >= 11 is 0. The van der Waals surface area contributed by atoms with Gasteiger partial charge in [-0.15, -0.1) is 24.0 Å². The minimum Gasteiger partial charge on any atom is -0.497 e. The van der Waals surface area contributed by atoms with Crippen molar-refractivity contribution >= 4 is 35.6 Å². The largest absolute Gasteiger partial charge is 0.497 e. The van der Waals surface area contributed by atoms with Crippen molar-refractivity contribution in [3.8, 4) is 5.75 Å². The van der Waals surface area contributed by atoms with E-state index in [2.05, 4.69) is 58.0 Å². The lowest BCUT2D eigenvalue weighted by molar-refractivity contribution is 0.275. The zero-order valence-corrected chi connectivity index (χ0v) is 19.1. The number of rotatable bonds is 6. The van der Waals surface area contributed by atoms with Gasteiger partial charge < -0.3 is 24.8 Å². The van der Waals surface area contributed by atoms with Crippen LogP contribution in [-0.4, -0.2) is 82.3 Å². The lowest BCUT2D eigenvalue weighted by Gasteiger charge is -2.38. The summed E-state index contributed by atoms with van der Waals surface area (Å²) in [5.74, 6) is 1.91. The zero-order chi connectivity index (χ0) is 18.2. The van der Waals surface area contributed by atoms with Gasteiger partial charge in [-0.3, -0.25) is 4.99 Å². The van der Waals surface area contributed by atoms with E-state index < -0.39 is 0 Å². The van der Waals surface area contributed by atoms with Crippen LogP contribution in [0.5, 0.6) is 5.75 Å². The maximum atomic E-state index is 5.23. The van der Waals surface area contributed by atoms with Gasteiger partial charge in [0.05, 0.1) is 7.11 Å². The van der Waals surface area contributed by atoms with Gasteiger partial charge in [0.25, 0.3) is 0 Å². The number of aliphatic imine (C=N–C) groups is 1. The Hall–Kier alpha value is -1.22. The number of ether oxygens (including phenoxy) is 1. The van der Waals surface area contributed by atoms with Crippen LogP contribution in [0.3, 0.4) is 0 Å². The first kappa shape index (κ1) is 22.8. The Morgan fingerprint density at radius 3 is 2.31 bits per heavy atom. The molecule has 1 N–H and O–H groups in total. The number of methoxy groups -OCH3 is 1. The molecule has 0 amide bonds. The number of anilines is 1. The number of guanidine groups is 1. The zero-order valence-electron chi connectivity index (χ0n) is 16.7. The van der Waals surface area contributed by atoms with Gasteiger partial charge in [-0.2, -0.15) is 0 Å². The van der Waals surface area contributed by atoms with Gasteiger partial charge in [-0.25, -0.2) is 0 Å². The quantitative estimate of drug-likeness (QED) is 0.389. The number of piperazine rings is 1. The summed E-state index contributed by atoms with van der Waals surface area (Å²) in [7, 11) is 5.72. The maximum absolute atomic E-state index is 5.23. The molecule has 0 bridgehead atoms. The molecule has 0 aromatic heterocycles. The van der Waals surface area contributed by atoms with Gasteiger partial charge in [0, 0.05) is 58.0 Å². The second kappa shape index (κ2) is 11.5. The van der Waals surface area contributed by atoms with Crippen LogP contribution < -0.4 is 15.0 Å². The number of likely N-dealkylation sites (N-methyl/N-ethyl adjacent to an activating group) is 1. The van der Waals surface area contributed by atoms with E-state index in [0.29, 0.717) is 6.04 Å². The SMILES string of the molecule is CN=C(NCCN(C)C(C)C)N1CCN(c2ccc(OC)cc2)CC1.I. The first-order chi connectivity index (χ1) is 12.0. The third kappa shape index (κ3) is 6.50. The van der Waals surface area contributed by atoms with Gasteiger partial charge in [0.1, 0.15) is 5.75 Å². The third-order valence-electron chi connectivity index (χ3n) is 4.86. The fourth-order valence-electron chi connectivity index (χ4n) is 2.90. The standard InChI is InChI=1S/C19H33N5O.HI/c1-16(2)22(4)11-10-21-19(20-3)24-14-12-23(13-15-24)17-6-8-18(25-5)9-7-17;/h6-9,16H,10-15H2,1-5H3,(H,20,21);1H. The van der Waals surface area contributed by atoms with E-state index in [4.69, 9.17) is 4.74 Å². The molecule has 26 heavy (non-hydrogen) atoms. The van der Waals surface area contributed by atoms with Gasteiger partial charge >= 0.3 is 0 Å². The molecule has 1 aliphatic rings. The van der Waals surface area contributed by atoms with Crippen LogP contribution in [0.1, 0.15) is 13.8 Å². The number of halogens is 1. The Labute approximate surface area is 175 Å². The van der Waals surface area contributed by atoms with Crippen molar-refractivity contribution in [2.24, 2.45) is 4.99 Å². The van der Waals surface area contributed by atoms with Crippen LogP contribution in [0.25, 0.3) is 0 Å². The smallest absolute Gasteiger partial charge is 0.193 e. The lowest BCUT2D eigenvalue weighted by atomic mass is 10.2. The highest BCUT2D eigenvalue weighted by atomic mass is 127. The van der Waals surface area contributed by atoms with Gasteiger partial charge in [0.2, 0.25) is 0 Å². The molecule has 0 spiro atoms. The second-order valence-corrected chi connectivity index (χ2v) is 6.72. The van der Waals surface area contributed by atoms with Crippen molar-refractivity contribution in [1.82, 2.24) is 15.1 Å². The van der Waals surface area contributed by atoms with E-state index in [0.717, 1.165) is 51.0 Å². The molecule has 0 radical (unpaired) electrons. The number of nitrogens with one attached hydrogen (secondary N) is 1. The highest BCUT2D eigenvalue weighted by molar-refractivity contribution is 14.0. The molecule has 1 saturated heterocycles. The van der Waals surface area contributed by atoms with Crippen LogP contribution >= 0.6 is 24.0 Å². The summed E-state index contributed by atoms with van der Waals surface area (Å²) in [6.07, 6.45) is 0. The fourth-order valence-corrected chi connectivity index (χ4v) is 2.90. The average molecular weight is 475 g/mol. The van der Waals surface area contributed by atoms with Gasteiger partial charge in [-0.05, 0) is 45.2 Å². The Morgan fingerprint density at radius 2 is 1.81 bits per heavy atom. The van der Waals surface area contributed by atoms with Crippen LogP contribution in [0.4, 0.5) is 5.69 Å². The van der Waals surface area contributed by atoms with E-state index in [1.807, 2.05) is 19.2 Å². The number of nitrogens with zero attached hydrogens (tertiary/aromatic N) is 4. The van der Waals surface area contributed by atoms with Gasteiger partial charge in [0.15, 0.2) is 5.96 Å². The molecule has 1 heterocycles. The molecular weight excluding hydrogens is 441 g/mol. The first-order valence-electron chi connectivity index (χ1n) is 9.10. The van der Waals surface area contributed by atoms with Crippen molar-refractivity contribution in [1.29, 1.82) is 0 Å². The molecule has 1 aromatic carbocycles. The number of hydrogen-bond acceptors (Lipinski definition) is 4. The lowest BCUT2D eigenvalue weighted by Crippen LogP contribution is -2.53. The Balaban J connectivity index is 0.00000338. The van der Waals surface area contributed by atoms with Gasteiger partial charge in [-0.1, -0.05) is 0 Å². The highest BCUT2D eigenvalue weighted by Gasteiger charge is 2.19. The third-order valence-corrected chi connectivity index (χ3v) is 4.86. The average Bonchev–Trinajstić information content (AvgIpc) is 2.65. The van der Waals surface area contributed by atoms with Crippen molar-refractivity contribution in [2.75, 3.05) is 65.4 Å². The molecule has 7 heteroatoms. The maximum Gasteiger partial charge on any atom is 0.193 e. The molecule has 1 fully saturated rings. The fraction of sp³-hybridized carbons (Fsp3) is 0.632.